The summed E-state index contributed by atoms with van der Waals surface area (Å²) in [5.41, 5.74) is 0.00792. The van der Waals surface area contributed by atoms with Crippen molar-refractivity contribution in [3.63, 3.8) is 0 Å². The lowest BCUT2D eigenvalue weighted by molar-refractivity contribution is -0.167. The van der Waals surface area contributed by atoms with Crippen LogP contribution in [0.25, 0.3) is 0 Å². The van der Waals surface area contributed by atoms with E-state index in [1.165, 1.54) is 19.2 Å². The fourth-order valence-corrected chi connectivity index (χ4v) is 1.43. The number of halogens is 4. The van der Waals surface area contributed by atoms with E-state index >= 15 is 0 Å². The van der Waals surface area contributed by atoms with Gasteiger partial charge in [-0.05, 0) is 12.1 Å². The molecule has 0 spiro atoms. The molecule has 1 rings (SSSR count). The molecule has 0 heterocycles. The van der Waals surface area contributed by atoms with Gasteiger partial charge in [-0.1, -0.05) is 15.9 Å². The van der Waals surface area contributed by atoms with Crippen molar-refractivity contribution in [2.24, 2.45) is 0 Å². The zero-order chi connectivity index (χ0) is 12.3. The third-order valence-electron chi connectivity index (χ3n) is 1.62. The van der Waals surface area contributed by atoms with Crippen LogP contribution in [0.5, 0.6) is 5.75 Å². The third kappa shape index (κ3) is 3.41. The van der Waals surface area contributed by atoms with Gasteiger partial charge in [-0.3, -0.25) is 4.79 Å². The molecule has 7 heteroatoms. The third-order valence-corrected chi connectivity index (χ3v) is 2.08. The van der Waals surface area contributed by atoms with Crippen LogP contribution in [0.1, 0.15) is 0 Å². The van der Waals surface area contributed by atoms with Crippen molar-refractivity contribution in [1.82, 2.24) is 0 Å². The van der Waals surface area contributed by atoms with E-state index in [4.69, 9.17) is 4.74 Å². The summed E-state index contributed by atoms with van der Waals surface area (Å²) in [6, 6.07) is 4.18. The Morgan fingerprint density at radius 2 is 2.00 bits per heavy atom. The summed E-state index contributed by atoms with van der Waals surface area (Å²) >= 11 is 3.08. The highest BCUT2D eigenvalue weighted by Gasteiger charge is 2.38. The van der Waals surface area contributed by atoms with Crippen molar-refractivity contribution in [3.8, 4) is 5.75 Å². The average molecular weight is 298 g/mol. The van der Waals surface area contributed by atoms with Gasteiger partial charge < -0.3 is 10.1 Å². The first kappa shape index (κ1) is 12.8. The van der Waals surface area contributed by atoms with Gasteiger partial charge in [-0.25, -0.2) is 0 Å². The number of hydrogen-bond acceptors (Lipinski definition) is 2. The summed E-state index contributed by atoms with van der Waals surface area (Å²) in [5.74, 6) is -1.68. The van der Waals surface area contributed by atoms with Gasteiger partial charge in [0, 0.05) is 16.2 Å². The molecule has 0 saturated carbocycles. The number of alkyl halides is 3. The van der Waals surface area contributed by atoms with Crippen LogP contribution in [0.2, 0.25) is 0 Å². The number of amides is 1. The molecule has 1 N–H and O–H groups in total. The first-order chi connectivity index (χ1) is 7.32. The Labute approximate surface area is 97.7 Å². The summed E-state index contributed by atoms with van der Waals surface area (Å²) < 4.78 is 41.2. The molecule has 0 radical (unpaired) electrons. The molecule has 0 aromatic heterocycles. The lowest BCUT2D eigenvalue weighted by Gasteiger charge is -2.09. The van der Waals surface area contributed by atoms with Crippen LogP contribution in [0.3, 0.4) is 0 Å². The number of nitrogens with one attached hydrogen (secondary N) is 1. The Morgan fingerprint density at radius 1 is 1.38 bits per heavy atom. The fourth-order valence-electron chi connectivity index (χ4n) is 0.955. The molecule has 0 aliphatic carbocycles. The quantitative estimate of drug-likeness (QED) is 0.911. The Kier molecular flexibility index (Phi) is 3.79. The van der Waals surface area contributed by atoms with Gasteiger partial charge in [0.05, 0.1) is 7.11 Å². The molecule has 3 nitrogen and oxygen atoms in total. The van der Waals surface area contributed by atoms with E-state index in [0.717, 1.165) is 0 Å². The van der Waals surface area contributed by atoms with E-state index in [9.17, 15) is 18.0 Å². The molecule has 88 valence electrons. The smallest absolute Gasteiger partial charge is 0.471 e. The van der Waals surface area contributed by atoms with E-state index in [1.807, 2.05) is 0 Å². The SMILES string of the molecule is COc1cc(Br)cc(NC(=O)C(F)(F)F)c1. The van der Waals surface area contributed by atoms with Crippen molar-refractivity contribution in [2.75, 3.05) is 12.4 Å². The van der Waals surface area contributed by atoms with Crippen LogP contribution in [-0.4, -0.2) is 19.2 Å². The van der Waals surface area contributed by atoms with Crippen LogP contribution in [0.4, 0.5) is 18.9 Å². The summed E-state index contributed by atoms with van der Waals surface area (Å²) in [6.07, 6.45) is -4.91. The van der Waals surface area contributed by atoms with E-state index < -0.39 is 12.1 Å². The largest absolute Gasteiger partial charge is 0.497 e. The summed E-state index contributed by atoms with van der Waals surface area (Å²) in [6.45, 7) is 0. The molecule has 0 saturated heterocycles. The minimum atomic E-state index is -4.91. The molecule has 1 amide bonds. The summed E-state index contributed by atoms with van der Waals surface area (Å²) in [5, 5.41) is 1.72. The molecule has 16 heavy (non-hydrogen) atoms. The number of hydrogen-bond donors (Lipinski definition) is 1. The predicted octanol–water partition coefficient (Wildman–Crippen LogP) is 2.96. The molecular formula is C9H7BrF3NO2. The first-order valence-corrected chi connectivity index (χ1v) is 4.85. The van der Waals surface area contributed by atoms with Gasteiger partial charge in [0.1, 0.15) is 5.75 Å². The van der Waals surface area contributed by atoms with E-state index in [-0.39, 0.29) is 5.69 Å². The lowest BCUT2D eigenvalue weighted by Crippen LogP contribution is -2.29. The zero-order valence-electron chi connectivity index (χ0n) is 8.06. The van der Waals surface area contributed by atoms with Gasteiger partial charge in [0.25, 0.3) is 0 Å². The van der Waals surface area contributed by atoms with Crippen molar-refractivity contribution in [3.05, 3.63) is 22.7 Å². The average Bonchev–Trinajstić information content (AvgIpc) is 2.15. The number of benzene rings is 1. The summed E-state index contributed by atoms with van der Waals surface area (Å²) in [4.78, 5) is 10.7. The molecule has 0 atom stereocenters. The molecule has 1 aromatic rings. The van der Waals surface area contributed by atoms with Crippen LogP contribution in [0, 0.1) is 0 Å². The predicted molar refractivity (Wildman–Crippen MR) is 55.4 cm³/mol. The van der Waals surface area contributed by atoms with Crippen LogP contribution >= 0.6 is 15.9 Å². The van der Waals surface area contributed by atoms with Gasteiger partial charge >= 0.3 is 12.1 Å². The normalized spacial score (nSPS) is 11.1. The number of rotatable bonds is 2. The highest BCUT2D eigenvalue weighted by molar-refractivity contribution is 9.10. The second-order valence-electron chi connectivity index (χ2n) is 2.83. The zero-order valence-corrected chi connectivity index (χ0v) is 9.65. The van der Waals surface area contributed by atoms with Crippen molar-refractivity contribution < 1.29 is 22.7 Å². The van der Waals surface area contributed by atoms with E-state index in [1.54, 1.807) is 11.4 Å². The Morgan fingerprint density at radius 3 is 2.50 bits per heavy atom. The van der Waals surface area contributed by atoms with Crippen molar-refractivity contribution in [2.45, 2.75) is 6.18 Å². The number of methoxy groups -OCH3 is 1. The number of anilines is 1. The topological polar surface area (TPSA) is 38.3 Å². The highest BCUT2D eigenvalue weighted by Crippen LogP contribution is 2.26. The number of carbonyl (C=O) groups excluding carboxylic acids is 1. The van der Waals surface area contributed by atoms with Crippen LogP contribution in [0.15, 0.2) is 22.7 Å². The van der Waals surface area contributed by atoms with Gasteiger partial charge in [-0.2, -0.15) is 13.2 Å². The lowest BCUT2D eigenvalue weighted by atomic mass is 10.3. The van der Waals surface area contributed by atoms with Crippen molar-refractivity contribution in [1.29, 1.82) is 0 Å². The molecule has 1 aromatic carbocycles. The maximum atomic E-state index is 12.0. The minimum Gasteiger partial charge on any atom is -0.497 e. The van der Waals surface area contributed by atoms with Crippen LogP contribution in [-0.2, 0) is 4.79 Å². The summed E-state index contributed by atoms with van der Waals surface area (Å²) in [7, 11) is 1.37. The van der Waals surface area contributed by atoms with Crippen LogP contribution < -0.4 is 10.1 Å². The van der Waals surface area contributed by atoms with E-state index in [2.05, 4.69) is 15.9 Å². The number of ether oxygens (including phenoxy) is 1. The van der Waals surface area contributed by atoms with Crippen molar-refractivity contribution >= 4 is 27.5 Å². The second-order valence-corrected chi connectivity index (χ2v) is 3.75. The van der Waals surface area contributed by atoms with E-state index in [0.29, 0.717) is 10.2 Å². The minimum absolute atomic E-state index is 0.00792. The molecule has 0 unspecified atom stereocenters. The first-order valence-electron chi connectivity index (χ1n) is 4.05. The molecule has 0 aliphatic heterocycles. The van der Waals surface area contributed by atoms with Gasteiger partial charge in [0.2, 0.25) is 0 Å². The second kappa shape index (κ2) is 4.73. The maximum Gasteiger partial charge on any atom is 0.471 e. The van der Waals surface area contributed by atoms with Gasteiger partial charge in [0.15, 0.2) is 0 Å². The monoisotopic (exact) mass is 297 g/mol. The molecular weight excluding hydrogens is 291 g/mol. The molecule has 0 aliphatic rings. The van der Waals surface area contributed by atoms with Gasteiger partial charge in [-0.15, -0.1) is 0 Å². The maximum absolute atomic E-state index is 12.0. The highest BCUT2D eigenvalue weighted by atomic mass is 79.9. The Balaban J connectivity index is 2.89. The fraction of sp³-hybridized carbons (Fsp3) is 0.222. The Hall–Kier alpha value is -1.24. The molecule has 0 bridgehead atoms. The number of carbonyl (C=O) groups is 1. The Bertz CT molecular complexity index is 406. The standard InChI is InChI=1S/C9H7BrF3NO2/c1-16-7-3-5(10)2-6(4-7)14-8(15)9(11,12)13/h2-4H,1H3,(H,14,15). The molecule has 0 fully saturated rings.